The number of hydrogen-bond donors (Lipinski definition) is 1. The molecule has 1 aromatic heterocycles. The molecule has 4 aromatic rings. The third kappa shape index (κ3) is 6.32. The lowest BCUT2D eigenvalue weighted by Gasteiger charge is -2.13. The first-order chi connectivity index (χ1) is 17.7. The predicted molar refractivity (Wildman–Crippen MR) is 137 cm³/mol. The molecule has 9 heteroatoms. The van der Waals surface area contributed by atoms with Crippen LogP contribution < -0.4 is 15.5 Å². The van der Waals surface area contributed by atoms with Crippen molar-refractivity contribution >= 4 is 34.2 Å². The SMILES string of the molecule is CCCCc1ccc(NC(=O)COc2ccc3c(=O)c(-c4ccc(Cl)cc4)c(C(F)(F)F)oc3c2)cc1. The quantitative estimate of drug-likeness (QED) is 0.257. The van der Waals surface area contributed by atoms with Gasteiger partial charge < -0.3 is 14.5 Å². The van der Waals surface area contributed by atoms with Gasteiger partial charge in [0.25, 0.3) is 5.91 Å². The molecule has 192 valence electrons. The topological polar surface area (TPSA) is 68.5 Å². The average molecular weight is 530 g/mol. The summed E-state index contributed by atoms with van der Waals surface area (Å²) in [6, 6.07) is 16.8. The van der Waals surface area contributed by atoms with Gasteiger partial charge in [-0.25, -0.2) is 0 Å². The standard InChI is InChI=1S/C28H23ClF3NO4/c1-2-3-4-17-5-11-20(12-6-17)33-24(34)16-36-21-13-14-22-23(15-21)37-27(28(30,31)32)25(26(22)35)18-7-9-19(29)10-8-18/h5-15H,2-4,16H2,1H3,(H,33,34). The maximum absolute atomic E-state index is 13.8. The molecule has 0 aliphatic heterocycles. The second-order valence-electron chi connectivity index (χ2n) is 8.44. The number of carbonyl (C=O) groups is 1. The molecule has 5 nitrogen and oxygen atoms in total. The number of fused-ring (bicyclic) bond motifs is 1. The second kappa shape index (κ2) is 11.1. The number of anilines is 1. The molecule has 3 aromatic carbocycles. The van der Waals surface area contributed by atoms with E-state index in [1.807, 2.05) is 12.1 Å². The molecule has 1 N–H and O–H groups in total. The summed E-state index contributed by atoms with van der Waals surface area (Å²) in [5.74, 6) is -1.80. The number of carbonyl (C=O) groups excluding carboxylic acids is 1. The summed E-state index contributed by atoms with van der Waals surface area (Å²) < 4.78 is 52.1. The minimum Gasteiger partial charge on any atom is -0.484 e. The van der Waals surface area contributed by atoms with E-state index in [1.165, 1.54) is 42.0 Å². The van der Waals surface area contributed by atoms with Crippen LogP contribution in [0.3, 0.4) is 0 Å². The van der Waals surface area contributed by atoms with Crippen molar-refractivity contribution in [2.45, 2.75) is 32.4 Å². The van der Waals surface area contributed by atoms with Crippen molar-refractivity contribution < 1.29 is 27.1 Å². The lowest BCUT2D eigenvalue weighted by molar-refractivity contribution is -0.152. The van der Waals surface area contributed by atoms with E-state index < -0.39 is 28.8 Å². The minimum absolute atomic E-state index is 0.0303. The molecule has 1 heterocycles. The number of nitrogens with one attached hydrogen (secondary N) is 1. The van der Waals surface area contributed by atoms with Crippen molar-refractivity contribution in [3.8, 4) is 16.9 Å². The number of ether oxygens (including phenoxy) is 1. The van der Waals surface area contributed by atoms with Crippen LogP contribution in [0, 0.1) is 0 Å². The summed E-state index contributed by atoms with van der Waals surface area (Å²) in [6.45, 7) is 1.73. The Balaban J connectivity index is 1.54. The van der Waals surface area contributed by atoms with Crippen LogP contribution in [-0.2, 0) is 17.4 Å². The first-order valence-corrected chi connectivity index (χ1v) is 12.0. The first kappa shape index (κ1) is 26.3. The Morgan fingerprint density at radius 2 is 1.73 bits per heavy atom. The van der Waals surface area contributed by atoms with Crippen LogP contribution in [0.4, 0.5) is 18.9 Å². The third-order valence-corrected chi connectivity index (χ3v) is 5.93. The molecule has 0 atom stereocenters. The van der Waals surface area contributed by atoms with Crippen molar-refractivity contribution in [2.75, 3.05) is 11.9 Å². The summed E-state index contributed by atoms with van der Waals surface area (Å²) in [7, 11) is 0. The average Bonchev–Trinajstić information content (AvgIpc) is 2.87. The highest BCUT2D eigenvalue weighted by atomic mass is 35.5. The number of unbranched alkanes of at least 4 members (excludes halogenated alkanes) is 1. The van der Waals surface area contributed by atoms with Gasteiger partial charge in [0.2, 0.25) is 11.2 Å². The maximum atomic E-state index is 13.8. The second-order valence-corrected chi connectivity index (χ2v) is 8.87. The largest absolute Gasteiger partial charge is 0.484 e. The van der Waals surface area contributed by atoms with E-state index in [4.69, 9.17) is 20.8 Å². The number of amides is 1. The monoisotopic (exact) mass is 529 g/mol. The molecule has 37 heavy (non-hydrogen) atoms. The Hall–Kier alpha value is -3.78. The molecule has 0 spiro atoms. The van der Waals surface area contributed by atoms with E-state index in [-0.39, 0.29) is 28.9 Å². The van der Waals surface area contributed by atoms with Crippen molar-refractivity contribution in [2.24, 2.45) is 0 Å². The highest BCUT2D eigenvalue weighted by Gasteiger charge is 2.39. The predicted octanol–water partition coefficient (Wildman–Crippen LogP) is 7.49. The van der Waals surface area contributed by atoms with Crippen molar-refractivity contribution in [1.29, 1.82) is 0 Å². The minimum atomic E-state index is -4.93. The fourth-order valence-electron chi connectivity index (χ4n) is 3.82. The smallest absolute Gasteiger partial charge is 0.450 e. The third-order valence-electron chi connectivity index (χ3n) is 5.68. The van der Waals surface area contributed by atoms with Gasteiger partial charge in [0.05, 0.1) is 10.9 Å². The lowest BCUT2D eigenvalue weighted by Crippen LogP contribution is -2.20. The van der Waals surface area contributed by atoms with E-state index >= 15 is 0 Å². The molecule has 0 aliphatic carbocycles. The Bertz CT molecular complexity index is 1460. The van der Waals surface area contributed by atoms with Crippen LogP contribution >= 0.6 is 11.6 Å². The van der Waals surface area contributed by atoms with Gasteiger partial charge in [-0.05, 0) is 60.4 Å². The van der Waals surface area contributed by atoms with Gasteiger partial charge in [0.1, 0.15) is 11.3 Å². The van der Waals surface area contributed by atoms with Gasteiger partial charge >= 0.3 is 6.18 Å². The highest BCUT2D eigenvalue weighted by Crippen LogP contribution is 2.38. The Kier molecular flexibility index (Phi) is 7.88. The Labute approximate surface area is 215 Å². The summed E-state index contributed by atoms with van der Waals surface area (Å²) >= 11 is 5.83. The van der Waals surface area contributed by atoms with Crippen LogP contribution in [0.2, 0.25) is 5.02 Å². The molecule has 0 fully saturated rings. The van der Waals surface area contributed by atoms with Gasteiger partial charge in [-0.2, -0.15) is 13.2 Å². The van der Waals surface area contributed by atoms with Gasteiger partial charge in [0.15, 0.2) is 6.61 Å². The number of hydrogen-bond acceptors (Lipinski definition) is 4. The van der Waals surface area contributed by atoms with Crippen molar-refractivity contribution in [3.63, 3.8) is 0 Å². The van der Waals surface area contributed by atoms with Gasteiger partial charge in [-0.15, -0.1) is 0 Å². The first-order valence-electron chi connectivity index (χ1n) is 11.6. The zero-order chi connectivity index (χ0) is 26.6. The summed E-state index contributed by atoms with van der Waals surface area (Å²) in [6.07, 6.45) is -1.79. The number of benzene rings is 3. The van der Waals surface area contributed by atoms with E-state index in [0.29, 0.717) is 10.7 Å². The zero-order valence-corrected chi connectivity index (χ0v) is 20.6. The molecular formula is C28H23ClF3NO4. The number of aryl methyl sites for hydroxylation is 1. The molecule has 0 saturated heterocycles. The molecular weight excluding hydrogens is 507 g/mol. The van der Waals surface area contributed by atoms with Crippen LogP contribution in [0.25, 0.3) is 22.1 Å². The Morgan fingerprint density at radius 3 is 2.38 bits per heavy atom. The molecule has 0 unspecified atom stereocenters. The fourth-order valence-corrected chi connectivity index (χ4v) is 3.95. The van der Waals surface area contributed by atoms with E-state index in [2.05, 4.69) is 12.2 Å². The van der Waals surface area contributed by atoms with E-state index in [1.54, 1.807) is 12.1 Å². The summed E-state index contributed by atoms with van der Waals surface area (Å²) in [5, 5.41) is 2.96. The van der Waals surface area contributed by atoms with Gasteiger partial charge in [-0.3, -0.25) is 9.59 Å². The molecule has 0 radical (unpaired) electrons. The summed E-state index contributed by atoms with van der Waals surface area (Å²) in [5.41, 5.74) is 0.0421. The van der Waals surface area contributed by atoms with Gasteiger partial charge in [0, 0.05) is 16.8 Å². The van der Waals surface area contributed by atoms with Crippen LogP contribution in [0.1, 0.15) is 31.1 Å². The van der Waals surface area contributed by atoms with E-state index in [9.17, 15) is 22.8 Å². The Morgan fingerprint density at radius 1 is 1.03 bits per heavy atom. The molecule has 0 saturated carbocycles. The normalized spacial score (nSPS) is 11.5. The molecule has 4 rings (SSSR count). The molecule has 1 amide bonds. The van der Waals surface area contributed by atoms with E-state index in [0.717, 1.165) is 25.3 Å². The van der Waals surface area contributed by atoms with Crippen molar-refractivity contribution in [1.82, 2.24) is 0 Å². The van der Waals surface area contributed by atoms with Crippen LogP contribution in [0.15, 0.2) is 75.9 Å². The zero-order valence-electron chi connectivity index (χ0n) is 19.8. The maximum Gasteiger partial charge on any atom is 0.450 e. The summed E-state index contributed by atoms with van der Waals surface area (Å²) in [4.78, 5) is 25.3. The van der Waals surface area contributed by atoms with Gasteiger partial charge in [-0.1, -0.05) is 49.2 Å². The fraction of sp³-hybridized carbons (Fsp3) is 0.214. The lowest BCUT2D eigenvalue weighted by atomic mass is 10.0. The van der Waals surface area contributed by atoms with Crippen LogP contribution in [0.5, 0.6) is 5.75 Å². The molecule has 0 aliphatic rings. The van der Waals surface area contributed by atoms with Crippen LogP contribution in [-0.4, -0.2) is 12.5 Å². The molecule has 0 bridgehead atoms. The highest BCUT2D eigenvalue weighted by molar-refractivity contribution is 6.30. The number of alkyl halides is 3. The number of rotatable bonds is 8. The number of halogens is 4. The van der Waals surface area contributed by atoms with Crippen molar-refractivity contribution in [3.05, 3.63) is 93.3 Å².